The number of halogens is 2. The quantitative estimate of drug-likeness (QED) is 0.891. The summed E-state index contributed by atoms with van der Waals surface area (Å²) in [6, 6.07) is 4.98. The summed E-state index contributed by atoms with van der Waals surface area (Å²) in [5.74, 6) is 0.894. The molecule has 0 bridgehead atoms. The molecule has 1 aliphatic heterocycles. The summed E-state index contributed by atoms with van der Waals surface area (Å²) >= 11 is 11.9. The molecule has 0 saturated carbocycles. The maximum Gasteiger partial charge on any atom is 0.244 e. The van der Waals surface area contributed by atoms with Crippen LogP contribution in [0.4, 0.5) is 0 Å². The molecule has 2 heterocycles. The average molecular weight is 300 g/mol. The molecule has 1 aromatic carbocycles. The third-order valence-corrected chi connectivity index (χ3v) is 3.40. The largest absolute Gasteiger partial charge is 0.392 e. The summed E-state index contributed by atoms with van der Waals surface area (Å²) in [7, 11) is 0. The Hall–Kier alpha value is -1.14. The van der Waals surface area contributed by atoms with Crippen molar-refractivity contribution in [2.24, 2.45) is 0 Å². The lowest BCUT2D eigenvalue weighted by atomic mass is 10.2. The summed E-state index contributed by atoms with van der Waals surface area (Å²) in [6.45, 7) is 0.533. The van der Waals surface area contributed by atoms with Crippen LogP contribution in [0.1, 0.15) is 18.4 Å². The standard InChI is InChI=1S/C12H11Cl2N3O2/c13-7-1-6(2-8(14)3-7)11-16-12(19-17-11)10-4-9(18)5-15-10/h1-3,9-10,15,18H,4-5H2. The zero-order valence-corrected chi connectivity index (χ0v) is 11.3. The molecule has 1 fully saturated rings. The van der Waals surface area contributed by atoms with Gasteiger partial charge in [-0.1, -0.05) is 28.4 Å². The smallest absolute Gasteiger partial charge is 0.244 e. The first-order valence-electron chi connectivity index (χ1n) is 5.83. The Morgan fingerprint density at radius 2 is 2.00 bits per heavy atom. The molecular formula is C12H11Cl2N3O2. The third-order valence-electron chi connectivity index (χ3n) is 2.97. The van der Waals surface area contributed by atoms with Gasteiger partial charge in [0.2, 0.25) is 11.7 Å². The van der Waals surface area contributed by atoms with Crippen LogP contribution in [-0.4, -0.2) is 27.9 Å². The third kappa shape index (κ3) is 2.74. The molecule has 2 N–H and O–H groups in total. The molecule has 2 aromatic rings. The fourth-order valence-electron chi connectivity index (χ4n) is 2.08. The number of nitrogens with zero attached hydrogens (tertiary/aromatic N) is 2. The lowest BCUT2D eigenvalue weighted by molar-refractivity contribution is 0.191. The monoisotopic (exact) mass is 299 g/mol. The maximum atomic E-state index is 9.47. The summed E-state index contributed by atoms with van der Waals surface area (Å²) < 4.78 is 5.21. The Balaban J connectivity index is 1.88. The SMILES string of the molecule is OC1CNC(c2nc(-c3cc(Cl)cc(Cl)c3)no2)C1. The van der Waals surface area contributed by atoms with Crippen molar-refractivity contribution in [1.29, 1.82) is 0 Å². The molecule has 0 spiro atoms. The Morgan fingerprint density at radius 3 is 2.63 bits per heavy atom. The molecule has 1 aromatic heterocycles. The predicted molar refractivity (Wildman–Crippen MR) is 71.1 cm³/mol. The highest BCUT2D eigenvalue weighted by Crippen LogP contribution is 2.28. The number of hydrogen-bond donors (Lipinski definition) is 2. The lowest BCUT2D eigenvalue weighted by Crippen LogP contribution is -2.15. The first-order chi connectivity index (χ1) is 9.11. The summed E-state index contributed by atoms with van der Waals surface area (Å²) in [4.78, 5) is 4.31. The van der Waals surface area contributed by atoms with E-state index in [-0.39, 0.29) is 12.1 Å². The molecule has 5 nitrogen and oxygen atoms in total. The minimum absolute atomic E-state index is 0.106. The van der Waals surface area contributed by atoms with Gasteiger partial charge in [-0.2, -0.15) is 4.98 Å². The van der Waals surface area contributed by atoms with Crippen molar-refractivity contribution >= 4 is 23.2 Å². The maximum absolute atomic E-state index is 9.47. The number of rotatable bonds is 2. The van der Waals surface area contributed by atoms with Crippen molar-refractivity contribution < 1.29 is 9.63 Å². The molecule has 0 aliphatic carbocycles. The van der Waals surface area contributed by atoms with Gasteiger partial charge >= 0.3 is 0 Å². The van der Waals surface area contributed by atoms with E-state index in [9.17, 15) is 5.11 Å². The molecule has 7 heteroatoms. The van der Waals surface area contributed by atoms with Gasteiger partial charge in [0.05, 0.1) is 12.1 Å². The van der Waals surface area contributed by atoms with E-state index in [4.69, 9.17) is 27.7 Å². The number of aromatic nitrogens is 2. The van der Waals surface area contributed by atoms with Gasteiger partial charge in [0.15, 0.2) is 0 Å². The Kier molecular flexibility index (Phi) is 3.45. The number of aliphatic hydroxyl groups is 1. The van der Waals surface area contributed by atoms with E-state index < -0.39 is 0 Å². The van der Waals surface area contributed by atoms with Gasteiger partial charge in [-0.05, 0) is 24.6 Å². The van der Waals surface area contributed by atoms with Gasteiger partial charge in [0.25, 0.3) is 0 Å². The first kappa shape index (κ1) is 12.9. The van der Waals surface area contributed by atoms with Crippen LogP contribution in [0.2, 0.25) is 10.0 Å². The summed E-state index contributed by atoms with van der Waals surface area (Å²) in [6.07, 6.45) is 0.193. The minimum Gasteiger partial charge on any atom is -0.392 e. The number of aliphatic hydroxyl groups excluding tert-OH is 1. The molecule has 2 atom stereocenters. The number of hydrogen-bond acceptors (Lipinski definition) is 5. The van der Waals surface area contributed by atoms with Crippen LogP contribution in [0.5, 0.6) is 0 Å². The Bertz CT molecular complexity index is 582. The van der Waals surface area contributed by atoms with Crippen LogP contribution in [0.25, 0.3) is 11.4 Å². The highest BCUT2D eigenvalue weighted by Gasteiger charge is 2.28. The zero-order valence-electron chi connectivity index (χ0n) is 9.81. The van der Waals surface area contributed by atoms with Crippen molar-refractivity contribution in [1.82, 2.24) is 15.5 Å². The molecule has 1 aliphatic rings. The van der Waals surface area contributed by atoms with E-state index in [1.54, 1.807) is 18.2 Å². The number of benzene rings is 1. The molecule has 100 valence electrons. The van der Waals surface area contributed by atoms with Gasteiger partial charge in [-0.15, -0.1) is 0 Å². The second kappa shape index (κ2) is 5.09. The van der Waals surface area contributed by atoms with Crippen LogP contribution < -0.4 is 5.32 Å². The van der Waals surface area contributed by atoms with Gasteiger partial charge < -0.3 is 14.9 Å². The van der Waals surface area contributed by atoms with E-state index in [1.165, 1.54) is 0 Å². The molecular weight excluding hydrogens is 289 g/mol. The normalized spacial score (nSPS) is 22.9. The molecule has 19 heavy (non-hydrogen) atoms. The molecule has 0 amide bonds. The van der Waals surface area contributed by atoms with Crippen molar-refractivity contribution in [3.8, 4) is 11.4 Å². The predicted octanol–water partition coefficient (Wildman–Crippen LogP) is 2.44. The van der Waals surface area contributed by atoms with Gasteiger partial charge in [-0.3, -0.25) is 0 Å². The number of nitrogens with one attached hydrogen (secondary N) is 1. The van der Waals surface area contributed by atoms with Crippen molar-refractivity contribution in [3.05, 3.63) is 34.1 Å². The lowest BCUT2D eigenvalue weighted by Gasteiger charge is -2.01. The average Bonchev–Trinajstić information content (AvgIpc) is 2.95. The van der Waals surface area contributed by atoms with E-state index >= 15 is 0 Å². The van der Waals surface area contributed by atoms with Crippen molar-refractivity contribution in [3.63, 3.8) is 0 Å². The minimum atomic E-state index is -0.374. The summed E-state index contributed by atoms with van der Waals surface area (Å²) in [5, 5.41) is 17.5. The Morgan fingerprint density at radius 1 is 1.26 bits per heavy atom. The van der Waals surface area contributed by atoms with Crippen LogP contribution in [0.3, 0.4) is 0 Å². The molecule has 0 radical (unpaired) electrons. The molecule has 2 unspecified atom stereocenters. The first-order valence-corrected chi connectivity index (χ1v) is 6.59. The fourth-order valence-corrected chi connectivity index (χ4v) is 2.61. The van der Waals surface area contributed by atoms with E-state index in [1.807, 2.05) is 0 Å². The number of β-amino-alcohol motifs (C(OH)–C–C–N with tert-alkyl or cyclic N) is 1. The summed E-state index contributed by atoms with van der Waals surface area (Å²) in [5.41, 5.74) is 0.700. The second-order valence-electron chi connectivity index (χ2n) is 4.46. The van der Waals surface area contributed by atoms with Gasteiger partial charge in [0, 0.05) is 22.2 Å². The van der Waals surface area contributed by atoms with Crippen LogP contribution in [0.15, 0.2) is 22.7 Å². The topological polar surface area (TPSA) is 71.2 Å². The Labute approximate surface area is 119 Å². The fraction of sp³-hybridized carbons (Fsp3) is 0.333. The van der Waals surface area contributed by atoms with Crippen molar-refractivity contribution in [2.45, 2.75) is 18.6 Å². The van der Waals surface area contributed by atoms with Crippen molar-refractivity contribution in [2.75, 3.05) is 6.54 Å². The van der Waals surface area contributed by atoms with E-state index in [0.29, 0.717) is 40.3 Å². The van der Waals surface area contributed by atoms with Crippen LogP contribution >= 0.6 is 23.2 Å². The molecule has 3 rings (SSSR count). The highest BCUT2D eigenvalue weighted by molar-refractivity contribution is 6.35. The van der Waals surface area contributed by atoms with E-state index in [2.05, 4.69) is 15.5 Å². The second-order valence-corrected chi connectivity index (χ2v) is 5.34. The van der Waals surface area contributed by atoms with Gasteiger partial charge in [-0.25, -0.2) is 0 Å². The van der Waals surface area contributed by atoms with Gasteiger partial charge in [0.1, 0.15) is 0 Å². The zero-order chi connectivity index (χ0) is 13.4. The van der Waals surface area contributed by atoms with Crippen LogP contribution in [0, 0.1) is 0 Å². The highest BCUT2D eigenvalue weighted by atomic mass is 35.5. The van der Waals surface area contributed by atoms with Crippen LogP contribution in [-0.2, 0) is 0 Å². The van der Waals surface area contributed by atoms with E-state index in [0.717, 1.165) is 0 Å². The molecule has 1 saturated heterocycles.